The molecule has 1 rings (SSSR count). The maximum atomic E-state index is 11.5. The van der Waals surface area contributed by atoms with Crippen molar-refractivity contribution < 1.29 is 9.90 Å². The molecular formula is C13H17N3O2. The maximum absolute atomic E-state index is 11.5. The number of aromatic nitrogens is 1. The number of aliphatic hydroxyl groups excluding tert-OH is 1. The van der Waals surface area contributed by atoms with E-state index in [0.717, 1.165) is 0 Å². The quantitative estimate of drug-likeness (QED) is 0.752. The Kier molecular flexibility index (Phi) is 5.85. The van der Waals surface area contributed by atoms with Gasteiger partial charge in [0, 0.05) is 6.42 Å². The predicted molar refractivity (Wildman–Crippen MR) is 70.0 cm³/mol. The largest absolute Gasteiger partial charge is 0.395 e. The average molecular weight is 247 g/mol. The number of amides is 1. The van der Waals surface area contributed by atoms with Crippen LogP contribution in [-0.2, 0) is 4.79 Å². The molecule has 0 saturated carbocycles. The van der Waals surface area contributed by atoms with Crippen LogP contribution in [0.1, 0.15) is 12.1 Å². The number of hydrogen-bond donors (Lipinski definition) is 2. The van der Waals surface area contributed by atoms with Crippen molar-refractivity contribution in [3.63, 3.8) is 0 Å². The first-order chi connectivity index (χ1) is 8.61. The van der Waals surface area contributed by atoms with Gasteiger partial charge in [-0.25, -0.2) is 4.98 Å². The van der Waals surface area contributed by atoms with E-state index < -0.39 is 0 Å². The molecule has 5 nitrogen and oxygen atoms in total. The fourth-order valence-corrected chi connectivity index (χ4v) is 1.25. The van der Waals surface area contributed by atoms with E-state index >= 15 is 0 Å². The Morgan fingerprint density at radius 1 is 1.50 bits per heavy atom. The van der Waals surface area contributed by atoms with Crippen molar-refractivity contribution in [1.82, 2.24) is 9.88 Å². The van der Waals surface area contributed by atoms with Crippen molar-refractivity contribution in [3.8, 4) is 11.8 Å². The van der Waals surface area contributed by atoms with Crippen molar-refractivity contribution in [1.29, 1.82) is 0 Å². The summed E-state index contributed by atoms with van der Waals surface area (Å²) in [5.41, 5.74) is 0.575. The van der Waals surface area contributed by atoms with Crippen molar-refractivity contribution in [2.75, 3.05) is 32.6 Å². The monoisotopic (exact) mass is 247 g/mol. The van der Waals surface area contributed by atoms with Crippen LogP contribution in [0, 0.1) is 11.8 Å². The number of anilines is 1. The van der Waals surface area contributed by atoms with Gasteiger partial charge in [-0.3, -0.25) is 4.79 Å². The number of rotatable bonds is 4. The second-order valence-corrected chi connectivity index (χ2v) is 3.97. The molecular weight excluding hydrogens is 230 g/mol. The van der Waals surface area contributed by atoms with Crippen LogP contribution in [0.3, 0.4) is 0 Å². The number of hydrogen-bond acceptors (Lipinski definition) is 4. The summed E-state index contributed by atoms with van der Waals surface area (Å²) in [6, 6.07) is 5.25. The minimum absolute atomic E-state index is 0.0340. The standard InChI is InChI=1S/C13H17N3O2/c1-16(2)10-13(18)15-12-8-5-7-11(14-12)6-3-4-9-17/h5,7-8,17H,4,9-10H2,1-2H3,(H,14,15,18). The van der Waals surface area contributed by atoms with E-state index in [2.05, 4.69) is 22.1 Å². The van der Waals surface area contributed by atoms with Crippen LogP contribution in [0.5, 0.6) is 0 Å². The van der Waals surface area contributed by atoms with E-state index in [9.17, 15) is 4.79 Å². The predicted octanol–water partition coefficient (Wildman–Crippen LogP) is 0.316. The lowest BCUT2D eigenvalue weighted by molar-refractivity contribution is -0.116. The first-order valence-corrected chi connectivity index (χ1v) is 5.63. The zero-order valence-corrected chi connectivity index (χ0v) is 10.6. The van der Waals surface area contributed by atoms with Crippen LogP contribution in [0.4, 0.5) is 5.82 Å². The van der Waals surface area contributed by atoms with Gasteiger partial charge in [0.15, 0.2) is 0 Å². The summed E-state index contributed by atoms with van der Waals surface area (Å²) in [4.78, 5) is 17.5. The number of nitrogens with one attached hydrogen (secondary N) is 1. The molecule has 1 aromatic heterocycles. The summed E-state index contributed by atoms with van der Waals surface area (Å²) < 4.78 is 0. The number of pyridine rings is 1. The van der Waals surface area contributed by atoms with Crippen molar-refractivity contribution in [3.05, 3.63) is 23.9 Å². The highest BCUT2D eigenvalue weighted by molar-refractivity contribution is 5.91. The summed E-state index contributed by atoms with van der Waals surface area (Å²) in [5.74, 6) is 5.96. The fraction of sp³-hybridized carbons (Fsp3) is 0.385. The normalized spacial score (nSPS) is 9.78. The molecule has 0 unspecified atom stereocenters. The molecule has 18 heavy (non-hydrogen) atoms. The summed E-state index contributed by atoms with van der Waals surface area (Å²) >= 11 is 0. The first kappa shape index (κ1) is 14.2. The molecule has 0 spiro atoms. The number of carbonyl (C=O) groups excluding carboxylic acids is 1. The summed E-state index contributed by atoms with van der Waals surface area (Å²) in [7, 11) is 3.65. The fourth-order valence-electron chi connectivity index (χ4n) is 1.25. The van der Waals surface area contributed by atoms with Gasteiger partial charge in [0.2, 0.25) is 5.91 Å². The molecule has 96 valence electrons. The molecule has 0 aliphatic rings. The molecule has 0 aliphatic carbocycles. The lowest BCUT2D eigenvalue weighted by Crippen LogP contribution is -2.27. The molecule has 5 heteroatoms. The molecule has 1 amide bonds. The van der Waals surface area contributed by atoms with E-state index in [-0.39, 0.29) is 12.5 Å². The molecule has 0 fully saturated rings. The smallest absolute Gasteiger partial charge is 0.239 e. The lowest BCUT2D eigenvalue weighted by atomic mass is 10.3. The molecule has 0 atom stereocenters. The average Bonchev–Trinajstić information content (AvgIpc) is 2.28. The lowest BCUT2D eigenvalue weighted by Gasteiger charge is -2.09. The summed E-state index contributed by atoms with van der Waals surface area (Å²) in [5, 5.41) is 11.3. The van der Waals surface area contributed by atoms with E-state index in [1.165, 1.54) is 0 Å². The van der Waals surface area contributed by atoms with E-state index in [1.807, 2.05) is 14.1 Å². The molecule has 0 bridgehead atoms. The van der Waals surface area contributed by atoms with Crippen LogP contribution in [0.25, 0.3) is 0 Å². The van der Waals surface area contributed by atoms with Gasteiger partial charge in [-0.15, -0.1) is 0 Å². The highest BCUT2D eigenvalue weighted by Gasteiger charge is 2.04. The van der Waals surface area contributed by atoms with Crippen LogP contribution >= 0.6 is 0 Å². The third-order valence-corrected chi connectivity index (χ3v) is 1.93. The van der Waals surface area contributed by atoms with Gasteiger partial charge in [0.25, 0.3) is 0 Å². The van der Waals surface area contributed by atoms with Gasteiger partial charge in [-0.2, -0.15) is 0 Å². The Bertz CT molecular complexity index is 461. The Balaban J connectivity index is 2.65. The van der Waals surface area contributed by atoms with Crippen LogP contribution in [-0.4, -0.2) is 48.1 Å². The second kappa shape index (κ2) is 7.43. The zero-order valence-electron chi connectivity index (χ0n) is 10.6. The number of aliphatic hydroxyl groups is 1. The van der Waals surface area contributed by atoms with E-state index in [1.54, 1.807) is 23.1 Å². The topological polar surface area (TPSA) is 65.5 Å². The van der Waals surface area contributed by atoms with Crippen molar-refractivity contribution in [2.45, 2.75) is 6.42 Å². The first-order valence-electron chi connectivity index (χ1n) is 5.63. The molecule has 1 heterocycles. The summed E-state index contributed by atoms with van der Waals surface area (Å²) in [6.45, 7) is 0.342. The molecule has 0 radical (unpaired) electrons. The third kappa shape index (κ3) is 5.43. The molecule has 0 saturated heterocycles. The van der Waals surface area contributed by atoms with Crippen LogP contribution < -0.4 is 5.32 Å². The van der Waals surface area contributed by atoms with Crippen molar-refractivity contribution in [2.24, 2.45) is 0 Å². The van der Waals surface area contributed by atoms with Gasteiger partial charge >= 0.3 is 0 Å². The van der Waals surface area contributed by atoms with Gasteiger partial charge < -0.3 is 15.3 Å². The maximum Gasteiger partial charge on any atom is 0.239 e. The Morgan fingerprint density at radius 3 is 2.94 bits per heavy atom. The Morgan fingerprint density at radius 2 is 2.28 bits per heavy atom. The SMILES string of the molecule is CN(C)CC(=O)Nc1cccc(C#CCCO)n1. The zero-order chi connectivity index (χ0) is 13.4. The van der Waals surface area contributed by atoms with Crippen LogP contribution in [0.2, 0.25) is 0 Å². The highest BCUT2D eigenvalue weighted by Crippen LogP contribution is 2.03. The van der Waals surface area contributed by atoms with Gasteiger partial charge in [0.1, 0.15) is 11.5 Å². The minimum atomic E-state index is -0.118. The van der Waals surface area contributed by atoms with E-state index in [4.69, 9.17) is 5.11 Å². The number of carbonyl (C=O) groups is 1. The van der Waals surface area contributed by atoms with Crippen LogP contribution in [0.15, 0.2) is 18.2 Å². The number of nitrogens with zero attached hydrogens (tertiary/aromatic N) is 2. The van der Waals surface area contributed by atoms with Gasteiger partial charge in [-0.1, -0.05) is 12.0 Å². The molecule has 0 aliphatic heterocycles. The summed E-state index contributed by atoms with van der Waals surface area (Å²) in [6.07, 6.45) is 0.416. The van der Waals surface area contributed by atoms with E-state index in [0.29, 0.717) is 24.5 Å². The van der Waals surface area contributed by atoms with Gasteiger partial charge in [-0.05, 0) is 32.1 Å². The second-order valence-electron chi connectivity index (χ2n) is 3.97. The molecule has 2 N–H and O–H groups in total. The van der Waals surface area contributed by atoms with Gasteiger partial charge in [0.05, 0.1) is 13.2 Å². The van der Waals surface area contributed by atoms with Crippen molar-refractivity contribution >= 4 is 11.7 Å². The molecule has 0 aromatic carbocycles. The Labute approximate surface area is 107 Å². The minimum Gasteiger partial charge on any atom is -0.395 e. The molecule has 1 aromatic rings. The number of likely N-dealkylation sites (N-methyl/N-ethyl adjacent to an activating group) is 1. The Hall–Kier alpha value is -1.90. The highest BCUT2D eigenvalue weighted by atomic mass is 16.2. The third-order valence-electron chi connectivity index (χ3n) is 1.93.